The summed E-state index contributed by atoms with van der Waals surface area (Å²) < 4.78 is 22.3. The number of thiophene rings is 1. The molecule has 0 saturated heterocycles. The number of hydrogen-bond donors (Lipinski definition) is 0. The summed E-state index contributed by atoms with van der Waals surface area (Å²) >= 11 is 1.33. The van der Waals surface area contributed by atoms with Gasteiger partial charge in [0.1, 0.15) is 5.25 Å². The van der Waals surface area contributed by atoms with E-state index >= 15 is 0 Å². The first-order valence-electron chi connectivity index (χ1n) is 4.12. The van der Waals surface area contributed by atoms with Crippen LogP contribution in [0.3, 0.4) is 0 Å². The maximum Gasteiger partial charge on any atom is 0.190 e. The van der Waals surface area contributed by atoms with E-state index in [4.69, 9.17) is 0 Å². The van der Waals surface area contributed by atoms with Gasteiger partial charge in [-0.15, -0.1) is 11.3 Å². The number of Topliss-reactive ketones (excluding diaryl/α,β-unsaturated/α-hetero) is 1. The van der Waals surface area contributed by atoms with Crippen molar-refractivity contribution >= 4 is 27.0 Å². The van der Waals surface area contributed by atoms with Gasteiger partial charge in [0, 0.05) is 11.1 Å². The molecule has 0 fully saturated rings. The van der Waals surface area contributed by atoms with Crippen LogP contribution in [0.2, 0.25) is 0 Å². The zero-order valence-corrected chi connectivity index (χ0v) is 9.91. The number of rotatable bonds is 3. The third-order valence-electron chi connectivity index (χ3n) is 1.99. The molecule has 0 amide bonds. The number of carbonyl (C=O) groups is 1. The second-order valence-electron chi connectivity index (χ2n) is 3.25. The first-order valence-corrected chi connectivity index (χ1v) is 6.89. The minimum Gasteiger partial charge on any atom is -0.292 e. The van der Waals surface area contributed by atoms with E-state index < -0.39 is 15.1 Å². The van der Waals surface area contributed by atoms with Gasteiger partial charge in [-0.1, -0.05) is 0 Å². The molecule has 0 aliphatic carbocycles. The smallest absolute Gasteiger partial charge is 0.190 e. The molecule has 0 aliphatic heterocycles. The van der Waals surface area contributed by atoms with E-state index in [2.05, 4.69) is 0 Å². The van der Waals surface area contributed by atoms with Crippen molar-refractivity contribution in [1.82, 2.24) is 0 Å². The lowest BCUT2D eigenvalue weighted by Gasteiger charge is -2.05. The molecule has 1 aromatic rings. The van der Waals surface area contributed by atoms with E-state index in [1.165, 1.54) is 18.3 Å². The normalized spacial score (nSPS) is 13.9. The Kier molecular flexibility index (Phi) is 3.11. The lowest BCUT2D eigenvalue weighted by Crippen LogP contribution is -2.25. The summed E-state index contributed by atoms with van der Waals surface area (Å²) in [5.74, 6) is -0.314. The molecule has 78 valence electrons. The minimum absolute atomic E-state index is 0.314. The van der Waals surface area contributed by atoms with Gasteiger partial charge in [-0.3, -0.25) is 4.79 Å². The highest BCUT2D eigenvalue weighted by molar-refractivity contribution is 7.92. The largest absolute Gasteiger partial charge is 0.292 e. The van der Waals surface area contributed by atoms with Crippen molar-refractivity contribution in [1.29, 1.82) is 0 Å². The monoisotopic (exact) mass is 232 g/mol. The van der Waals surface area contributed by atoms with E-state index in [0.29, 0.717) is 4.88 Å². The van der Waals surface area contributed by atoms with Crippen LogP contribution in [-0.4, -0.2) is 25.7 Å². The van der Waals surface area contributed by atoms with Crippen molar-refractivity contribution in [3.05, 3.63) is 21.9 Å². The zero-order valence-electron chi connectivity index (χ0n) is 8.27. The maximum atomic E-state index is 11.6. The molecule has 3 nitrogen and oxygen atoms in total. The fraction of sp³-hybridized carbons (Fsp3) is 0.444. The first kappa shape index (κ1) is 11.4. The Labute approximate surface area is 87.7 Å². The fourth-order valence-corrected chi connectivity index (χ4v) is 2.45. The summed E-state index contributed by atoms with van der Waals surface area (Å²) in [6.07, 6.45) is 1.08. The SMILES string of the molecule is Cc1ccc(C(=O)C(C)S(C)(=O)=O)s1. The van der Waals surface area contributed by atoms with E-state index in [9.17, 15) is 13.2 Å². The van der Waals surface area contributed by atoms with Gasteiger partial charge < -0.3 is 0 Å². The maximum absolute atomic E-state index is 11.6. The number of sulfone groups is 1. The third kappa shape index (κ3) is 2.42. The van der Waals surface area contributed by atoms with Gasteiger partial charge in [0.25, 0.3) is 0 Å². The molecule has 0 bridgehead atoms. The Morgan fingerprint density at radius 2 is 2.00 bits per heavy atom. The van der Waals surface area contributed by atoms with Crippen molar-refractivity contribution in [2.75, 3.05) is 6.26 Å². The average Bonchev–Trinajstić information content (AvgIpc) is 2.47. The molecule has 1 aromatic heterocycles. The quantitative estimate of drug-likeness (QED) is 0.745. The number of ketones is 1. The summed E-state index contributed by atoms with van der Waals surface area (Å²) in [5, 5.41) is -0.944. The molecule has 0 spiro atoms. The number of aryl methyl sites for hydroxylation is 1. The van der Waals surface area contributed by atoms with Crippen LogP contribution in [0.25, 0.3) is 0 Å². The molecule has 5 heteroatoms. The lowest BCUT2D eigenvalue weighted by atomic mass is 10.2. The molecule has 0 aliphatic rings. The molecule has 0 N–H and O–H groups in total. The van der Waals surface area contributed by atoms with E-state index in [1.807, 2.05) is 13.0 Å². The van der Waals surface area contributed by atoms with E-state index in [0.717, 1.165) is 11.1 Å². The van der Waals surface area contributed by atoms with Gasteiger partial charge in [-0.2, -0.15) is 0 Å². The summed E-state index contributed by atoms with van der Waals surface area (Å²) in [7, 11) is -3.28. The van der Waals surface area contributed by atoms with Gasteiger partial charge >= 0.3 is 0 Å². The lowest BCUT2D eigenvalue weighted by molar-refractivity contribution is 0.0995. The average molecular weight is 232 g/mol. The Morgan fingerprint density at radius 1 is 1.43 bits per heavy atom. The predicted molar refractivity (Wildman–Crippen MR) is 57.7 cm³/mol. The zero-order chi connectivity index (χ0) is 10.9. The molecular weight excluding hydrogens is 220 g/mol. The predicted octanol–water partition coefficient (Wildman–Crippen LogP) is 1.67. The second-order valence-corrected chi connectivity index (χ2v) is 6.90. The van der Waals surface area contributed by atoms with Crippen LogP contribution < -0.4 is 0 Å². The Bertz CT molecular complexity index is 442. The van der Waals surface area contributed by atoms with Crippen molar-refractivity contribution < 1.29 is 13.2 Å². The Balaban J connectivity index is 2.98. The van der Waals surface area contributed by atoms with Gasteiger partial charge in [-0.05, 0) is 26.0 Å². The Hall–Kier alpha value is -0.680. The van der Waals surface area contributed by atoms with Crippen molar-refractivity contribution in [2.24, 2.45) is 0 Å². The van der Waals surface area contributed by atoms with Crippen LogP contribution in [-0.2, 0) is 9.84 Å². The number of carbonyl (C=O) groups excluding carboxylic acids is 1. The fourth-order valence-electron chi connectivity index (χ4n) is 0.962. The van der Waals surface area contributed by atoms with E-state index in [-0.39, 0.29) is 5.78 Å². The van der Waals surface area contributed by atoms with Crippen LogP contribution in [0.15, 0.2) is 12.1 Å². The third-order valence-corrected chi connectivity index (χ3v) is 4.51. The van der Waals surface area contributed by atoms with Crippen LogP contribution in [0.4, 0.5) is 0 Å². The molecule has 0 radical (unpaired) electrons. The summed E-state index contributed by atoms with van der Waals surface area (Å²) in [6, 6.07) is 3.48. The van der Waals surface area contributed by atoms with Crippen molar-refractivity contribution in [3.8, 4) is 0 Å². The standard InChI is InChI=1S/C9H12O3S2/c1-6-4-5-8(13-6)9(10)7(2)14(3,11)12/h4-5,7H,1-3H3. The topological polar surface area (TPSA) is 51.2 Å². The molecular formula is C9H12O3S2. The summed E-state index contributed by atoms with van der Waals surface area (Å²) in [4.78, 5) is 13.2. The van der Waals surface area contributed by atoms with Gasteiger partial charge in [-0.25, -0.2) is 8.42 Å². The molecule has 0 saturated carbocycles. The van der Waals surface area contributed by atoms with E-state index in [1.54, 1.807) is 6.07 Å². The molecule has 1 heterocycles. The molecule has 1 atom stereocenters. The van der Waals surface area contributed by atoms with Gasteiger partial charge in [0.2, 0.25) is 0 Å². The highest BCUT2D eigenvalue weighted by atomic mass is 32.2. The van der Waals surface area contributed by atoms with Crippen LogP contribution in [0.1, 0.15) is 21.5 Å². The van der Waals surface area contributed by atoms with Crippen molar-refractivity contribution in [3.63, 3.8) is 0 Å². The highest BCUT2D eigenvalue weighted by Crippen LogP contribution is 2.18. The number of hydrogen-bond acceptors (Lipinski definition) is 4. The van der Waals surface area contributed by atoms with Crippen LogP contribution in [0, 0.1) is 6.92 Å². The molecule has 1 unspecified atom stereocenters. The summed E-state index contributed by atoms with van der Waals surface area (Å²) in [6.45, 7) is 3.30. The van der Waals surface area contributed by atoms with Crippen molar-refractivity contribution in [2.45, 2.75) is 19.1 Å². The molecule has 1 rings (SSSR count). The minimum atomic E-state index is -3.28. The van der Waals surface area contributed by atoms with Crippen LogP contribution in [0.5, 0.6) is 0 Å². The van der Waals surface area contributed by atoms with Gasteiger partial charge in [0.05, 0.1) is 4.88 Å². The first-order chi connectivity index (χ1) is 6.32. The van der Waals surface area contributed by atoms with Gasteiger partial charge in [0.15, 0.2) is 15.6 Å². The second kappa shape index (κ2) is 3.82. The highest BCUT2D eigenvalue weighted by Gasteiger charge is 2.25. The van der Waals surface area contributed by atoms with Crippen LogP contribution >= 0.6 is 11.3 Å². The molecule has 14 heavy (non-hydrogen) atoms. The summed E-state index contributed by atoms with van der Waals surface area (Å²) in [5.41, 5.74) is 0. The molecule has 0 aromatic carbocycles. The Morgan fingerprint density at radius 3 is 2.36 bits per heavy atom.